The Morgan fingerprint density at radius 3 is 2.78 bits per heavy atom. The van der Waals surface area contributed by atoms with E-state index in [9.17, 15) is 9.59 Å². The summed E-state index contributed by atoms with van der Waals surface area (Å²) in [5.74, 6) is 0.000203. The molecule has 2 unspecified atom stereocenters. The zero-order chi connectivity index (χ0) is 19.4. The molecule has 1 fully saturated rings. The fraction of sp³-hybridized carbons (Fsp3) is 0.444. The van der Waals surface area contributed by atoms with E-state index in [-0.39, 0.29) is 17.7 Å². The fourth-order valence-electron chi connectivity index (χ4n) is 3.27. The van der Waals surface area contributed by atoms with Crippen LogP contribution in [0, 0.1) is 5.92 Å². The molecule has 144 valence electrons. The Bertz CT molecular complexity index is 806. The van der Waals surface area contributed by atoms with Gasteiger partial charge in [-0.2, -0.15) is 5.10 Å². The van der Waals surface area contributed by atoms with Gasteiger partial charge in [0, 0.05) is 38.1 Å². The van der Waals surface area contributed by atoms with Gasteiger partial charge in [-0.15, -0.1) is 0 Å². The summed E-state index contributed by atoms with van der Waals surface area (Å²) in [6, 6.07) is 2.86. The number of likely N-dealkylation sites (tertiary alicyclic amines) is 1. The minimum absolute atomic E-state index is 0.0485. The number of likely N-dealkylation sites (N-methyl/N-ethyl adjacent to an activating group) is 1. The quantitative estimate of drug-likeness (QED) is 0.809. The number of carbonyl (C=O) groups is 2. The first-order chi connectivity index (χ1) is 13.0. The lowest BCUT2D eigenvalue weighted by molar-refractivity contribution is -0.136. The number of rotatable bonds is 5. The third-order valence-corrected chi connectivity index (χ3v) is 4.90. The number of hydrogen-bond acceptors (Lipinski definition) is 5. The first-order valence-corrected chi connectivity index (χ1v) is 9.22. The van der Waals surface area contributed by atoms with Gasteiger partial charge in [-0.05, 0) is 32.0 Å². The van der Waals surface area contributed by atoms with Crippen LogP contribution in [-0.2, 0) is 16.6 Å². The number of hydrogen-bond donors (Lipinski definition) is 2. The first-order valence-electron chi connectivity index (χ1n) is 8.85. The lowest BCUT2D eigenvalue weighted by Crippen LogP contribution is -2.47. The molecule has 2 amide bonds. The standard InChI is InChI=1S/C18H23ClN6O2/c1-20-16(13-8-22-24(2)10-13)18(27)25-7-3-4-12(11-25)17(26)23-15-6-5-14(19)9-21-15/h5-6,8-10,12,16,20H,3-4,7,11H2,1-2H3,(H,21,23,26). The molecule has 8 nitrogen and oxygen atoms in total. The van der Waals surface area contributed by atoms with E-state index in [1.165, 1.54) is 6.20 Å². The van der Waals surface area contributed by atoms with Crippen molar-refractivity contribution in [3.63, 3.8) is 0 Å². The molecule has 0 aromatic carbocycles. The predicted octanol–water partition coefficient (Wildman–Crippen LogP) is 1.61. The molecule has 3 heterocycles. The maximum atomic E-state index is 13.0. The molecule has 2 N–H and O–H groups in total. The van der Waals surface area contributed by atoms with Gasteiger partial charge in [0.1, 0.15) is 11.9 Å². The van der Waals surface area contributed by atoms with Crippen LogP contribution in [0.2, 0.25) is 5.02 Å². The van der Waals surface area contributed by atoms with Gasteiger partial charge in [-0.1, -0.05) is 11.6 Å². The van der Waals surface area contributed by atoms with Crippen LogP contribution in [0.1, 0.15) is 24.4 Å². The zero-order valence-corrected chi connectivity index (χ0v) is 16.1. The zero-order valence-electron chi connectivity index (χ0n) is 15.4. The van der Waals surface area contributed by atoms with Gasteiger partial charge in [0.15, 0.2) is 0 Å². The number of piperidine rings is 1. The van der Waals surface area contributed by atoms with Gasteiger partial charge in [0.25, 0.3) is 0 Å². The molecular weight excluding hydrogens is 368 g/mol. The molecular formula is C18H23ClN6O2. The maximum absolute atomic E-state index is 13.0. The summed E-state index contributed by atoms with van der Waals surface area (Å²) in [7, 11) is 3.56. The van der Waals surface area contributed by atoms with E-state index in [1.54, 1.807) is 35.0 Å². The van der Waals surface area contributed by atoms with Crippen LogP contribution in [0.4, 0.5) is 5.82 Å². The number of pyridine rings is 1. The smallest absolute Gasteiger partial charge is 0.244 e. The van der Waals surface area contributed by atoms with Crippen molar-refractivity contribution in [1.82, 2.24) is 25.0 Å². The summed E-state index contributed by atoms with van der Waals surface area (Å²) in [5.41, 5.74) is 0.807. The Balaban J connectivity index is 1.64. The molecule has 0 spiro atoms. The molecule has 0 aliphatic carbocycles. The van der Waals surface area contributed by atoms with Crippen LogP contribution >= 0.6 is 11.6 Å². The molecule has 2 atom stereocenters. The van der Waals surface area contributed by atoms with Gasteiger partial charge in [0.2, 0.25) is 11.8 Å². The Hall–Kier alpha value is -2.45. The van der Waals surface area contributed by atoms with E-state index >= 15 is 0 Å². The number of nitrogens with one attached hydrogen (secondary N) is 2. The van der Waals surface area contributed by atoms with E-state index in [2.05, 4.69) is 20.7 Å². The van der Waals surface area contributed by atoms with Crippen molar-refractivity contribution < 1.29 is 9.59 Å². The average Bonchev–Trinajstić information content (AvgIpc) is 3.10. The number of halogens is 1. The lowest BCUT2D eigenvalue weighted by Gasteiger charge is -2.34. The Kier molecular flexibility index (Phi) is 6.08. The number of amides is 2. The molecule has 0 saturated carbocycles. The van der Waals surface area contributed by atoms with Crippen molar-refractivity contribution in [2.45, 2.75) is 18.9 Å². The van der Waals surface area contributed by atoms with E-state index in [0.29, 0.717) is 23.9 Å². The first kappa shape index (κ1) is 19.3. The van der Waals surface area contributed by atoms with E-state index < -0.39 is 6.04 Å². The summed E-state index contributed by atoms with van der Waals surface area (Å²) in [6.45, 7) is 1.02. The molecule has 0 bridgehead atoms. The van der Waals surface area contributed by atoms with Crippen molar-refractivity contribution in [2.24, 2.45) is 13.0 Å². The minimum Gasteiger partial charge on any atom is -0.340 e. The number of anilines is 1. The van der Waals surface area contributed by atoms with Crippen LogP contribution in [0.5, 0.6) is 0 Å². The van der Waals surface area contributed by atoms with E-state index in [1.807, 2.05) is 13.2 Å². The normalized spacial score (nSPS) is 18.2. The van der Waals surface area contributed by atoms with Crippen LogP contribution in [-0.4, -0.2) is 51.6 Å². The molecule has 27 heavy (non-hydrogen) atoms. The lowest BCUT2D eigenvalue weighted by atomic mass is 9.96. The summed E-state index contributed by atoms with van der Waals surface area (Å²) < 4.78 is 1.67. The van der Waals surface area contributed by atoms with Gasteiger partial charge in [0.05, 0.1) is 17.1 Å². The van der Waals surface area contributed by atoms with Crippen LogP contribution in [0.15, 0.2) is 30.7 Å². The summed E-state index contributed by atoms with van der Waals surface area (Å²) in [6.07, 6.45) is 6.50. The number of aromatic nitrogens is 3. The SMILES string of the molecule is CNC(C(=O)N1CCCC(C(=O)Nc2ccc(Cl)cn2)C1)c1cnn(C)c1. The van der Waals surface area contributed by atoms with Crippen molar-refractivity contribution in [1.29, 1.82) is 0 Å². The highest BCUT2D eigenvalue weighted by Crippen LogP contribution is 2.22. The van der Waals surface area contributed by atoms with Crippen LogP contribution in [0.25, 0.3) is 0 Å². The van der Waals surface area contributed by atoms with Crippen LogP contribution in [0.3, 0.4) is 0 Å². The van der Waals surface area contributed by atoms with Gasteiger partial charge in [-0.3, -0.25) is 14.3 Å². The summed E-state index contributed by atoms with van der Waals surface area (Å²) in [4.78, 5) is 31.4. The van der Waals surface area contributed by atoms with Crippen molar-refractivity contribution in [3.8, 4) is 0 Å². The van der Waals surface area contributed by atoms with Gasteiger partial charge in [-0.25, -0.2) is 4.98 Å². The van der Waals surface area contributed by atoms with Crippen LogP contribution < -0.4 is 10.6 Å². The molecule has 1 aliphatic rings. The monoisotopic (exact) mass is 390 g/mol. The molecule has 1 saturated heterocycles. The third-order valence-electron chi connectivity index (χ3n) is 4.68. The van der Waals surface area contributed by atoms with Gasteiger partial charge < -0.3 is 15.5 Å². The number of carbonyl (C=O) groups excluding carboxylic acids is 2. The highest BCUT2D eigenvalue weighted by Gasteiger charge is 2.32. The van der Waals surface area contributed by atoms with E-state index in [4.69, 9.17) is 11.6 Å². The highest BCUT2D eigenvalue weighted by molar-refractivity contribution is 6.30. The largest absolute Gasteiger partial charge is 0.340 e. The second kappa shape index (κ2) is 8.49. The predicted molar refractivity (Wildman–Crippen MR) is 102 cm³/mol. The second-order valence-corrected chi connectivity index (χ2v) is 7.08. The Labute approximate surface area is 162 Å². The molecule has 0 radical (unpaired) electrons. The maximum Gasteiger partial charge on any atom is 0.244 e. The topological polar surface area (TPSA) is 92.2 Å². The highest BCUT2D eigenvalue weighted by atomic mass is 35.5. The summed E-state index contributed by atoms with van der Waals surface area (Å²) in [5, 5.41) is 10.5. The van der Waals surface area contributed by atoms with E-state index in [0.717, 1.165) is 18.4 Å². The third kappa shape index (κ3) is 4.64. The number of nitrogens with zero attached hydrogens (tertiary/aromatic N) is 4. The number of aryl methyl sites for hydroxylation is 1. The summed E-state index contributed by atoms with van der Waals surface area (Å²) >= 11 is 5.82. The molecule has 3 rings (SSSR count). The average molecular weight is 391 g/mol. The Morgan fingerprint density at radius 2 is 2.15 bits per heavy atom. The Morgan fingerprint density at radius 1 is 1.33 bits per heavy atom. The van der Waals surface area contributed by atoms with Gasteiger partial charge >= 0.3 is 0 Å². The molecule has 2 aromatic heterocycles. The second-order valence-electron chi connectivity index (χ2n) is 6.64. The van der Waals surface area contributed by atoms with Crippen molar-refractivity contribution >= 4 is 29.2 Å². The molecule has 9 heteroatoms. The fourth-order valence-corrected chi connectivity index (χ4v) is 3.39. The van der Waals surface area contributed by atoms with Crippen molar-refractivity contribution in [2.75, 3.05) is 25.5 Å². The molecule has 2 aromatic rings. The molecule has 1 aliphatic heterocycles. The van der Waals surface area contributed by atoms with Crippen molar-refractivity contribution in [3.05, 3.63) is 41.3 Å². The minimum atomic E-state index is -0.474.